The molecule has 8 heteroatoms. The lowest BCUT2D eigenvalue weighted by Gasteiger charge is -2.30. The zero-order valence-electron chi connectivity index (χ0n) is 22.8. The van der Waals surface area contributed by atoms with Crippen molar-refractivity contribution in [1.82, 2.24) is 0 Å². The summed E-state index contributed by atoms with van der Waals surface area (Å²) in [6.07, 6.45) is 13.5. The second kappa shape index (κ2) is 20.3. The number of unbranched alkanes of at least 4 members (excludes halogenated alkanes) is 7. The van der Waals surface area contributed by atoms with Crippen LogP contribution in [-0.4, -0.2) is 80.6 Å². The summed E-state index contributed by atoms with van der Waals surface area (Å²) in [5, 5.41) is 10.7. The van der Waals surface area contributed by atoms with Gasteiger partial charge in [0.25, 0.3) is 0 Å². The Morgan fingerprint density at radius 2 is 1.63 bits per heavy atom. The molecule has 0 bridgehead atoms. The predicted octanol–water partition coefficient (Wildman–Crippen LogP) is 4.33. The van der Waals surface area contributed by atoms with Gasteiger partial charge in [-0.1, -0.05) is 51.2 Å². The van der Waals surface area contributed by atoms with Crippen molar-refractivity contribution in [1.29, 1.82) is 0 Å². The Bertz CT molecular complexity index is 619. The van der Waals surface area contributed by atoms with Crippen molar-refractivity contribution in [3.63, 3.8) is 0 Å². The van der Waals surface area contributed by atoms with Gasteiger partial charge in [-0.3, -0.25) is 9.59 Å². The van der Waals surface area contributed by atoms with Crippen LogP contribution in [-0.2, 0) is 28.6 Å². The number of carbonyl (C=O) groups is 3. The molecule has 1 N–H and O–H groups in total. The molecule has 0 aromatic rings. The highest BCUT2D eigenvalue weighted by Gasteiger charge is 2.27. The van der Waals surface area contributed by atoms with Crippen LogP contribution in [0.5, 0.6) is 0 Å². The Morgan fingerprint density at radius 3 is 2.29 bits per heavy atom. The largest absolute Gasteiger partial charge is 0.469 e. The minimum atomic E-state index is -0.734. The summed E-state index contributed by atoms with van der Waals surface area (Å²) in [5.41, 5.74) is 0. The summed E-state index contributed by atoms with van der Waals surface area (Å²) in [7, 11) is 5.18. The van der Waals surface area contributed by atoms with Crippen LogP contribution in [0.1, 0.15) is 90.9 Å². The number of methoxy groups -OCH3 is 1. The van der Waals surface area contributed by atoms with Gasteiger partial charge in [-0.15, -0.1) is 0 Å². The second-order valence-electron chi connectivity index (χ2n) is 9.84. The van der Waals surface area contributed by atoms with Crippen molar-refractivity contribution < 1.29 is 38.2 Å². The molecule has 0 radical (unpaired) electrons. The number of likely N-dealkylation sites (N-methyl/N-ethyl adjacent to an activating group) is 1. The zero-order chi connectivity index (χ0) is 26.5. The molecule has 2 unspecified atom stereocenters. The molecule has 0 aromatic carbocycles. The molecular formula is C27H50NO7+. The zero-order valence-corrected chi connectivity index (χ0v) is 22.8. The van der Waals surface area contributed by atoms with E-state index in [9.17, 15) is 19.5 Å². The van der Waals surface area contributed by atoms with Crippen LogP contribution in [0.3, 0.4) is 0 Å². The number of quaternary nitrogens is 1. The first kappa shape index (κ1) is 33.1. The van der Waals surface area contributed by atoms with Crippen LogP contribution in [0.4, 0.5) is 0 Å². The van der Waals surface area contributed by atoms with Crippen LogP contribution < -0.4 is 0 Å². The number of allylic oxidation sites excluding steroid dienone is 1. The Balaban J connectivity index is 4.40. The molecule has 0 rings (SSSR count). The Labute approximate surface area is 212 Å². The number of ether oxygens (including phenoxy) is 3. The highest BCUT2D eigenvalue weighted by molar-refractivity contribution is 5.71. The Morgan fingerprint density at radius 1 is 0.943 bits per heavy atom. The maximum absolute atomic E-state index is 12.6. The minimum absolute atomic E-state index is 0.146. The maximum Gasteiger partial charge on any atom is 0.362 e. The fraction of sp³-hybridized carbons (Fsp3) is 0.815. The molecule has 0 aromatic heterocycles. The van der Waals surface area contributed by atoms with Crippen LogP contribution in [0.25, 0.3) is 0 Å². The van der Waals surface area contributed by atoms with Gasteiger partial charge in [0, 0.05) is 13.3 Å². The third-order valence-electron chi connectivity index (χ3n) is 5.89. The number of carbonyl (C=O) groups excluding carboxylic acids is 3. The van der Waals surface area contributed by atoms with Crippen LogP contribution in [0.2, 0.25) is 0 Å². The van der Waals surface area contributed by atoms with E-state index >= 15 is 0 Å². The molecule has 0 fully saturated rings. The standard InChI is InChI=1S/C27H50NO7/c1-6-7-14-18-25(35-27(32)22-28(3,4)20-21-34-23(2)29)24(30)17-15-12-10-8-9-11-13-16-19-26(31)33-5/h12,15,24-25,30H,6-11,13-14,16-22H2,1-5H3/q+1. The summed E-state index contributed by atoms with van der Waals surface area (Å²) in [6.45, 7) is 4.37. The van der Waals surface area contributed by atoms with Gasteiger partial charge in [0.2, 0.25) is 0 Å². The first-order chi connectivity index (χ1) is 16.6. The number of esters is 3. The van der Waals surface area contributed by atoms with Crippen molar-refractivity contribution in [2.24, 2.45) is 0 Å². The number of hydrogen-bond acceptors (Lipinski definition) is 7. The van der Waals surface area contributed by atoms with Gasteiger partial charge < -0.3 is 23.8 Å². The summed E-state index contributed by atoms with van der Waals surface area (Å²) in [4.78, 5) is 34.6. The van der Waals surface area contributed by atoms with Gasteiger partial charge in [-0.05, 0) is 38.5 Å². The number of aliphatic hydroxyl groups excluding tert-OH is 1. The fourth-order valence-electron chi connectivity index (χ4n) is 3.67. The van der Waals surface area contributed by atoms with E-state index in [0.717, 1.165) is 57.8 Å². The van der Waals surface area contributed by atoms with Crippen LogP contribution >= 0.6 is 0 Å². The Hall–Kier alpha value is -1.93. The molecule has 0 aliphatic rings. The number of nitrogens with zero attached hydrogens (tertiary/aromatic N) is 1. The van der Waals surface area contributed by atoms with E-state index in [4.69, 9.17) is 9.47 Å². The molecule has 0 saturated carbocycles. The van der Waals surface area contributed by atoms with E-state index in [1.807, 2.05) is 20.2 Å². The number of aliphatic hydroxyl groups is 1. The van der Waals surface area contributed by atoms with E-state index in [-0.39, 0.29) is 31.1 Å². The maximum atomic E-state index is 12.6. The van der Waals surface area contributed by atoms with Gasteiger partial charge in [0.05, 0.1) is 27.3 Å². The summed E-state index contributed by atoms with van der Waals surface area (Å²) in [6, 6.07) is 0. The van der Waals surface area contributed by atoms with Crippen molar-refractivity contribution in [3.8, 4) is 0 Å². The van der Waals surface area contributed by atoms with Gasteiger partial charge in [-0.25, -0.2) is 4.79 Å². The smallest absolute Gasteiger partial charge is 0.362 e. The molecule has 0 aliphatic heterocycles. The lowest BCUT2D eigenvalue weighted by molar-refractivity contribution is -0.883. The van der Waals surface area contributed by atoms with Crippen LogP contribution in [0.15, 0.2) is 12.2 Å². The minimum Gasteiger partial charge on any atom is -0.469 e. The molecular weight excluding hydrogens is 450 g/mol. The second-order valence-corrected chi connectivity index (χ2v) is 9.84. The molecule has 204 valence electrons. The highest BCUT2D eigenvalue weighted by Crippen LogP contribution is 2.15. The van der Waals surface area contributed by atoms with E-state index < -0.39 is 12.2 Å². The summed E-state index contributed by atoms with van der Waals surface area (Å²) in [5.74, 6) is -0.836. The van der Waals surface area contributed by atoms with Crippen molar-refractivity contribution in [3.05, 3.63) is 12.2 Å². The summed E-state index contributed by atoms with van der Waals surface area (Å²) < 4.78 is 15.7. The molecule has 0 spiro atoms. The van der Waals surface area contributed by atoms with Gasteiger partial charge in [-0.2, -0.15) is 0 Å². The van der Waals surface area contributed by atoms with E-state index in [1.54, 1.807) is 0 Å². The molecule has 2 atom stereocenters. The molecule has 0 heterocycles. The van der Waals surface area contributed by atoms with Crippen molar-refractivity contribution >= 4 is 17.9 Å². The quantitative estimate of drug-likeness (QED) is 0.0823. The summed E-state index contributed by atoms with van der Waals surface area (Å²) >= 11 is 0. The average Bonchev–Trinajstić information content (AvgIpc) is 2.78. The third-order valence-corrected chi connectivity index (χ3v) is 5.89. The lowest BCUT2D eigenvalue weighted by atomic mass is 10.0. The predicted molar refractivity (Wildman–Crippen MR) is 137 cm³/mol. The van der Waals surface area contributed by atoms with Gasteiger partial charge in [0.1, 0.15) is 19.3 Å². The van der Waals surface area contributed by atoms with Crippen LogP contribution in [0, 0.1) is 0 Å². The van der Waals surface area contributed by atoms with E-state index in [1.165, 1.54) is 14.0 Å². The first-order valence-electron chi connectivity index (χ1n) is 13.2. The van der Waals surface area contributed by atoms with Gasteiger partial charge >= 0.3 is 17.9 Å². The number of rotatable bonds is 21. The van der Waals surface area contributed by atoms with E-state index in [2.05, 4.69) is 17.7 Å². The first-order valence-corrected chi connectivity index (χ1v) is 13.2. The third kappa shape index (κ3) is 20.0. The van der Waals surface area contributed by atoms with Gasteiger partial charge in [0.15, 0.2) is 6.54 Å². The molecule has 8 nitrogen and oxygen atoms in total. The molecule has 35 heavy (non-hydrogen) atoms. The molecule has 0 saturated heterocycles. The molecule has 0 aliphatic carbocycles. The van der Waals surface area contributed by atoms with E-state index in [0.29, 0.717) is 30.3 Å². The van der Waals surface area contributed by atoms with Crippen molar-refractivity contribution in [2.45, 2.75) is 103 Å². The van der Waals surface area contributed by atoms with Crippen molar-refractivity contribution in [2.75, 3.05) is 40.9 Å². The monoisotopic (exact) mass is 500 g/mol. The number of hydrogen-bond donors (Lipinski definition) is 1. The normalized spacial score (nSPS) is 13.4. The highest BCUT2D eigenvalue weighted by atomic mass is 16.6. The topological polar surface area (TPSA) is 99.1 Å². The lowest BCUT2D eigenvalue weighted by Crippen LogP contribution is -2.47. The SMILES string of the molecule is CCCCCC(OC(=O)C[N+](C)(C)CCOC(C)=O)C(O)CC=CCCCCCCCC(=O)OC. The Kier molecular flexibility index (Phi) is 19.2. The molecule has 0 amide bonds. The fourth-order valence-corrected chi connectivity index (χ4v) is 3.67. The average molecular weight is 501 g/mol.